The molecule has 0 radical (unpaired) electrons. The molecule has 0 aromatic carbocycles. The molecule has 4 heterocycles. The highest BCUT2D eigenvalue weighted by atomic mass is 16.2. The van der Waals surface area contributed by atoms with Gasteiger partial charge < -0.3 is 14.7 Å². The lowest BCUT2D eigenvalue weighted by atomic mass is 9.92. The van der Waals surface area contributed by atoms with Gasteiger partial charge in [-0.2, -0.15) is 5.10 Å². The number of likely N-dealkylation sites (N-methyl/N-ethyl adjacent to an activating group) is 1. The maximum atomic E-state index is 13.0. The predicted octanol–water partition coefficient (Wildman–Crippen LogP) is 0.511. The van der Waals surface area contributed by atoms with E-state index in [-0.39, 0.29) is 11.8 Å². The Kier molecular flexibility index (Phi) is 6.20. The van der Waals surface area contributed by atoms with Crippen LogP contribution in [0.2, 0.25) is 0 Å². The van der Waals surface area contributed by atoms with Gasteiger partial charge in [0.05, 0.1) is 17.7 Å². The number of piperidine rings is 2. The Labute approximate surface area is 173 Å². The van der Waals surface area contributed by atoms with Crippen molar-refractivity contribution in [3.63, 3.8) is 0 Å². The summed E-state index contributed by atoms with van der Waals surface area (Å²) in [5.41, 5.74) is 0.668. The molecule has 0 spiro atoms. The third kappa shape index (κ3) is 4.64. The average molecular weight is 403 g/mol. The average Bonchev–Trinajstić information content (AvgIpc) is 3.20. The van der Waals surface area contributed by atoms with Gasteiger partial charge in [-0.3, -0.25) is 19.2 Å². The van der Waals surface area contributed by atoms with E-state index < -0.39 is 0 Å². The second-order valence-electron chi connectivity index (χ2n) is 8.89. The van der Waals surface area contributed by atoms with Crippen molar-refractivity contribution in [1.29, 1.82) is 0 Å². The quantitative estimate of drug-likeness (QED) is 0.737. The minimum Gasteiger partial charge on any atom is -0.340 e. The van der Waals surface area contributed by atoms with Gasteiger partial charge in [-0.15, -0.1) is 0 Å². The van der Waals surface area contributed by atoms with Crippen molar-refractivity contribution in [2.24, 2.45) is 13.0 Å². The molecule has 0 bridgehead atoms. The summed E-state index contributed by atoms with van der Waals surface area (Å²) in [6, 6.07) is 0.482. The van der Waals surface area contributed by atoms with Gasteiger partial charge >= 0.3 is 0 Å². The van der Waals surface area contributed by atoms with E-state index in [1.807, 2.05) is 11.9 Å². The molecule has 0 aliphatic carbocycles. The summed E-state index contributed by atoms with van der Waals surface area (Å²) >= 11 is 0. The van der Waals surface area contributed by atoms with Crippen molar-refractivity contribution in [3.05, 3.63) is 18.0 Å². The van der Waals surface area contributed by atoms with Crippen LogP contribution in [0.15, 0.2) is 12.4 Å². The van der Waals surface area contributed by atoms with Gasteiger partial charge in [-0.05, 0) is 39.3 Å². The summed E-state index contributed by atoms with van der Waals surface area (Å²) in [7, 11) is 3.95. The molecule has 4 rings (SSSR count). The maximum absolute atomic E-state index is 13.0. The second-order valence-corrected chi connectivity index (χ2v) is 8.89. The molecule has 160 valence electrons. The van der Waals surface area contributed by atoms with E-state index in [9.17, 15) is 9.59 Å². The molecule has 0 saturated carbocycles. The highest BCUT2D eigenvalue weighted by molar-refractivity contribution is 5.93. The lowest BCUT2D eigenvalue weighted by molar-refractivity contribution is -0.139. The zero-order valence-corrected chi connectivity index (χ0v) is 17.8. The minimum absolute atomic E-state index is 0.0818. The third-order valence-corrected chi connectivity index (χ3v) is 6.84. The molecule has 1 aromatic heterocycles. The summed E-state index contributed by atoms with van der Waals surface area (Å²) in [5.74, 6) is 0.576. The summed E-state index contributed by atoms with van der Waals surface area (Å²) < 4.78 is 1.67. The highest BCUT2D eigenvalue weighted by Gasteiger charge is 2.34. The molecule has 1 aromatic rings. The van der Waals surface area contributed by atoms with Crippen molar-refractivity contribution in [3.8, 4) is 0 Å². The Morgan fingerprint density at radius 3 is 2.31 bits per heavy atom. The van der Waals surface area contributed by atoms with E-state index in [0.717, 1.165) is 78.0 Å². The lowest BCUT2D eigenvalue weighted by Crippen LogP contribution is -2.54. The number of piperazine rings is 1. The van der Waals surface area contributed by atoms with Crippen LogP contribution in [0, 0.1) is 5.92 Å². The molecular weight excluding hydrogens is 368 g/mol. The first-order valence-corrected chi connectivity index (χ1v) is 11.0. The number of carbonyl (C=O) groups is 2. The van der Waals surface area contributed by atoms with E-state index >= 15 is 0 Å². The van der Waals surface area contributed by atoms with Gasteiger partial charge in [-0.1, -0.05) is 0 Å². The van der Waals surface area contributed by atoms with Gasteiger partial charge in [0.15, 0.2) is 0 Å². The number of amides is 2. The number of likely N-dealkylation sites (tertiary alicyclic amines) is 2. The van der Waals surface area contributed by atoms with E-state index in [1.165, 1.54) is 0 Å². The summed E-state index contributed by atoms with van der Waals surface area (Å²) in [5, 5.41) is 4.11. The van der Waals surface area contributed by atoms with Crippen molar-refractivity contribution < 1.29 is 9.59 Å². The Morgan fingerprint density at radius 1 is 0.931 bits per heavy atom. The van der Waals surface area contributed by atoms with E-state index in [2.05, 4.69) is 26.8 Å². The number of aryl methyl sites for hydroxylation is 1. The molecule has 0 N–H and O–H groups in total. The van der Waals surface area contributed by atoms with Gasteiger partial charge in [0.2, 0.25) is 5.91 Å². The van der Waals surface area contributed by atoms with Crippen LogP contribution in [0.25, 0.3) is 0 Å². The van der Waals surface area contributed by atoms with Crippen LogP contribution in [0.1, 0.15) is 36.0 Å². The fourth-order valence-corrected chi connectivity index (χ4v) is 4.97. The predicted molar refractivity (Wildman–Crippen MR) is 111 cm³/mol. The Hall–Kier alpha value is -1.93. The first kappa shape index (κ1) is 20.3. The SMILES string of the molecule is CN1CCN(C(=O)[C@@H]2CCCN(C3CCN(C(=O)c4cnn(C)c4)CC3)C2)CC1. The highest BCUT2D eigenvalue weighted by Crippen LogP contribution is 2.26. The number of nitrogens with zero attached hydrogens (tertiary/aromatic N) is 6. The van der Waals surface area contributed by atoms with Crippen LogP contribution >= 0.6 is 0 Å². The van der Waals surface area contributed by atoms with Crippen molar-refractivity contribution in [2.75, 3.05) is 59.4 Å². The largest absolute Gasteiger partial charge is 0.340 e. The zero-order valence-electron chi connectivity index (χ0n) is 17.8. The molecule has 29 heavy (non-hydrogen) atoms. The molecule has 8 heteroatoms. The van der Waals surface area contributed by atoms with Crippen LogP contribution in [-0.4, -0.2) is 107 Å². The Balaban J connectivity index is 1.28. The standard InChI is InChI=1S/C21H34N6O2/c1-23-10-12-26(13-11-23)20(28)17-4-3-7-27(16-17)19-5-8-25(9-6-19)21(29)18-14-22-24(2)15-18/h14-15,17,19H,3-13,16H2,1-2H3/t17-/m1/s1. The molecule has 3 aliphatic rings. The van der Waals surface area contributed by atoms with Crippen molar-refractivity contribution >= 4 is 11.8 Å². The third-order valence-electron chi connectivity index (χ3n) is 6.84. The van der Waals surface area contributed by atoms with Crippen LogP contribution in [-0.2, 0) is 11.8 Å². The molecular formula is C21H34N6O2. The monoisotopic (exact) mass is 402 g/mol. The number of hydrogen-bond donors (Lipinski definition) is 0. The summed E-state index contributed by atoms with van der Waals surface area (Å²) in [4.78, 5) is 34.5. The number of hydrogen-bond acceptors (Lipinski definition) is 5. The maximum Gasteiger partial charge on any atom is 0.257 e. The minimum atomic E-state index is 0.0818. The molecule has 8 nitrogen and oxygen atoms in total. The number of carbonyl (C=O) groups excluding carboxylic acids is 2. The van der Waals surface area contributed by atoms with Crippen molar-refractivity contribution in [2.45, 2.75) is 31.7 Å². The number of aromatic nitrogens is 2. The van der Waals surface area contributed by atoms with Gasteiger partial charge in [-0.25, -0.2) is 0 Å². The molecule has 1 atom stereocenters. The van der Waals surface area contributed by atoms with E-state index in [1.54, 1.807) is 17.1 Å². The fourth-order valence-electron chi connectivity index (χ4n) is 4.97. The second kappa shape index (κ2) is 8.83. The van der Waals surface area contributed by atoms with Gasteiger partial charge in [0, 0.05) is 65.1 Å². The van der Waals surface area contributed by atoms with Crippen LogP contribution in [0.5, 0.6) is 0 Å². The molecule has 3 aliphatic heterocycles. The Bertz CT molecular complexity index is 719. The summed E-state index contributed by atoms with van der Waals surface area (Å²) in [6.45, 7) is 7.20. The smallest absolute Gasteiger partial charge is 0.257 e. The molecule has 0 unspecified atom stereocenters. The Morgan fingerprint density at radius 2 is 1.66 bits per heavy atom. The molecule has 3 fully saturated rings. The normalized spacial score (nSPS) is 25.4. The topological polar surface area (TPSA) is 64.9 Å². The summed E-state index contributed by atoms with van der Waals surface area (Å²) in [6.07, 6.45) is 7.52. The van der Waals surface area contributed by atoms with E-state index in [4.69, 9.17) is 0 Å². The van der Waals surface area contributed by atoms with Gasteiger partial charge in [0.1, 0.15) is 0 Å². The van der Waals surface area contributed by atoms with Gasteiger partial charge in [0.25, 0.3) is 5.91 Å². The van der Waals surface area contributed by atoms with Crippen molar-refractivity contribution in [1.82, 2.24) is 29.4 Å². The fraction of sp³-hybridized carbons (Fsp3) is 0.762. The van der Waals surface area contributed by atoms with E-state index in [0.29, 0.717) is 17.5 Å². The first-order valence-electron chi connectivity index (χ1n) is 11.0. The molecule has 2 amide bonds. The van der Waals surface area contributed by atoms with Crippen LogP contribution < -0.4 is 0 Å². The first-order chi connectivity index (χ1) is 14.0. The van der Waals surface area contributed by atoms with Crippen LogP contribution in [0.4, 0.5) is 0 Å². The lowest BCUT2D eigenvalue weighted by Gasteiger charge is -2.43. The number of rotatable bonds is 3. The zero-order chi connectivity index (χ0) is 20.4. The van der Waals surface area contributed by atoms with Crippen LogP contribution in [0.3, 0.4) is 0 Å². The molecule has 3 saturated heterocycles.